The van der Waals surface area contributed by atoms with Gasteiger partial charge in [0.1, 0.15) is 24.2 Å². The van der Waals surface area contributed by atoms with Gasteiger partial charge in [-0.1, -0.05) is 0 Å². The van der Waals surface area contributed by atoms with Crippen LogP contribution in [0, 0.1) is 0 Å². The monoisotopic (exact) mass is 171 g/mol. The van der Waals surface area contributed by atoms with Crippen LogP contribution in [0.1, 0.15) is 17.6 Å². The third kappa shape index (κ3) is 2.07. The molecule has 0 fully saturated rings. The summed E-state index contributed by atoms with van der Waals surface area (Å²) in [6.45, 7) is 0.581. The van der Waals surface area contributed by atoms with Gasteiger partial charge in [-0.2, -0.15) is 0 Å². The Morgan fingerprint density at radius 2 is 2.42 bits per heavy atom. The van der Waals surface area contributed by atoms with E-state index in [-0.39, 0.29) is 6.54 Å². The molecule has 1 atom stereocenters. The molecule has 3 N–H and O–H groups in total. The third-order valence-electron chi connectivity index (χ3n) is 1.52. The lowest BCUT2D eigenvalue weighted by atomic mass is 10.3. The first-order chi connectivity index (χ1) is 5.77. The van der Waals surface area contributed by atoms with E-state index in [0.717, 1.165) is 0 Å². The van der Waals surface area contributed by atoms with Crippen molar-refractivity contribution < 1.29 is 14.3 Å². The number of methoxy groups -OCH3 is 1. The lowest BCUT2D eigenvalue weighted by molar-refractivity contribution is 0.136. The fourth-order valence-electron chi connectivity index (χ4n) is 0.910. The van der Waals surface area contributed by atoms with Crippen molar-refractivity contribution in [2.75, 3.05) is 13.7 Å². The number of ether oxygens (including phenoxy) is 1. The van der Waals surface area contributed by atoms with Crippen molar-refractivity contribution in [3.63, 3.8) is 0 Å². The smallest absolute Gasteiger partial charge is 0.134 e. The molecule has 0 aromatic carbocycles. The minimum Gasteiger partial charge on any atom is -0.461 e. The zero-order valence-corrected chi connectivity index (χ0v) is 6.99. The Balaban J connectivity index is 2.63. The van der Waals surface area contributed by atoms with Crippen molar-refractivity contribution in [3.05, 3.63) is 23.7 Å². The maximum atomic E-state index is 9.25. The summed E-state index contributed by atoms with van der Waals surface area (Å²) in [6.07, 6.45) is -0.712. The van der Waals surface area contributed by atoms with Crippen LogP contribution in [0.4, 0.5) is 0 Å². The van der Waals surface area contributed by atoms with E-state index in [2.05, 4.69) is 0 Å². The Morgan fingerprint density at radius 3 is 3.00 bits per heavy atom. The van der Waals surface area contributed by atoms with E-state index in [1.54, 1.807) is 19.2 Å². The van der Waals surface area contributed by atoms with Gasteiger partial charge in [0.2, 0.25) is 0 Å². The molecule has 4 heteroatoms. The van der Waals surface area contributed by atoms with Gasteiger partial charge in [0.15, 0.2) is 0 Å². The first-order valence-electron chi connectivity index (χ1n) is 3.73. The first kappa shape index (κ1) is 9.25. The fourth-order valence-corrected chi connectivity index (χ4v) is 0.910. The molecule has 0 spiro atoms. The Bertz CT molecular complexity index is 234. The predicted molar refractivity (Wildman–Crippen MR) is 43.4 cm³/mol. The Hall–Kier alpha value is -0.840. The predicted octanol–water partition coefficient (Wildman–Crippen LogP) is 0.418. The van der Waals surface area contributed by atoms with Crippen LogP contribution in [0.15, 0.2) is 16.5 Å². The van der Waals surface area contributed by atoms with Gasteiger partial charge in [-0.15, -0.1) is 0 Å². The van der Waals surface area contributed by atoms with Crippen LogP contribution in [-0.2, 0) is 11.3 Å². The number of aliphatic hydroxyl groups excluding tert-OH is 1. The lowest BCUT2D eigenvalue weighted by Crippen LogP contribution is -2.10. The highest BCUT2D eigenvalue weighted by Gasteiger charge is 2.09. The normalized spacial score (nSPS) is 13.2. The summed E-state index contributed by atoms with van der Waals surface area (Å²) in [5, 5.41) is 9.25. The average molecular weight is 171 g/mol. The van der Waals surface area contributed by atoms with Crippen molar-refractivity contribution in [1.82, 2.24) is 0 Å². The largest absolute Gasteiger partial charge is 0.461 e. The van der Waals surface area contributed by atoms with Gasteiger partial charge in [-0.3, -0.25) is 0 Å². The maximum Gasteiger partial charge on any atom is 0.134 e. The molecule has 1 aromatic heterocycles. The zero-order chi connectivity index (χ0) is 8.97. The van der Waals surface area contributed by atoms with Crippen molar-refractivity contribution >= 4 is 0 Å². The summed E-state index contributed by atoms with van der Waals surface area (Å²) in [5.74, 6) is 1.18. The van der Waals surface area contributed by atoms with Crippen LogP contribution < -0.4 is 5.73 Å². The first-order valence-corrected chi connectivity index (χ1v) is 3.73. The van der Waals surface area contributed by atoms with E-state index in [0.29, 0.717) is 18.1 Å². The third-order valence-corrected chi connectivity index (χ3v) is 1.52. The number of hydrogen-bond acceptors (Lipinski definition) is 4. The summed E-state index contributed by atoms with van der Waals surface area (Å²) >= 11 is 0. The second-order valence-corrected chi connectivity index (χ2v) is 2.49. The van der Waals surface area contributed by atoms with Crippen molar-refractivity contribution in [2.45, 2.75) is 12.7 Å². The molecule has 0 amide bonds. The summed E-state index contributed by atoms with van der Waals surface area (Å²) in [5.41, 5.74) is 5.25. The minimum absolute atomic E-state index is 0.167. The topological polar surface area (TPSA) is 68.6 Å². The molecule has 1 rings (SSSR count). The number of rotatable bonds is 4. The molecule has 0 radical (unpaired) electrons. The van der Waals surface area contributed by atoms with Gasteiger partial charge in [0.25, 0.3) is 0 Å². The molecule has 0 aliphatic rings. The molecule has 0 saturated carbocycles. The number of aliphatic hydroxyl groups is 1. The molecule has 0 bridgehead atoms. The van der Waals surface area contributed by atoms with Gasteiger partial charge in [0, 0.05) is 13.7 Å². The molecular weight excluding hydrogens is 158 g/mol. The van der Waals surface area contributed by atoms with Crippen molar-refractivity contribution in [1.29, 1.82) is 0 Å². The molecule has 4 nitrogen and oxygen atoms in total. The van der Waals surface area contributed by atoms with Crippen LogP contribution >= 0.6 is 0 Å². The number of furan rings is 1. The van der Waals surface area contributed by atoms with E-state index < -0.39 is 6.10 Å². The molecule has 0 aliphatic carbocycles. The summed E-state index contributed by atoms with van der Waals surface area (Å²) in [4.78, 5) is 0. The molecule has 68 valence electrons. The van der Waals surface area contributed by atoms with Crippen LogP contribution in [-0.4, -0.2) is 18.8 Å². The Labute approximate surface area is 70.9 Å². The second-order valence-electron chi connectivity index (χ2n) is 2.49. The van der Waals surface area contributed by atoms with E-state index in [1.165, 1.54) is 0 Å². The highest BCUT2D eigenvalue weighted by atomic mass is 16.5. The van der Waals surface area contributed by atoms with Crippen LogP contribution in [0.5, 0.6) is 0 Å². The number of nitrogens with two attached hydrogens (primary N) is 1. The second kappa shape index (κ2) is 4.25. The van der Waals surface area contributed by atoms with Gasteiger partial charge < -0.3 is 20.0 Å². The lowest BCUT2D eigenvalue weighted by Gasteiger charge is -2.02. The summed E-state index contributed by atoms with van der Waals surface area (Å²) < 4.78 is 10.1. The van der Waals surface area contributed by atoms with Crippen molar-refractivity contribution in [2.24, 2.45) is 5.73 Å². The average Bonchev–Trinajstić information content (AvgIpc) is 2.52. The van der Waals surface area contributed by atoms with Gasteiger partial charge >= 0.3 is 0 Å². The van der Waals surface area contributed by atoms with E-state index in [4.69, 9.17) is 14.9 Å². The molecule has 0 saturated heterocycles. The molecule has 0 aliphatic heterocycles. The van der Waals surface area contributed by atoms with E-state index in [9.17, 15) is 5.11 Å². The van der Waals surface area contributed by atoms with Crippen molar-refractivity contribution in [3.8, 4) is 0 Å². The highest BCUT2D eigenvalue weighted by molar-refractivity contribution is 5.08. The standard InChI is InChI=1S/C8H13NO3/c1-11-5-6-2-3-8(12-6)7(10)4-9/h2-3,7,10H,4-5,9H2,1H3. The molecule has 1 aromatic rings. The fraction of sp³-hybridized carbons (Fsp3) is 0.500. The highest BCUT2D eigenvalue weighted by Crippen LogP contribution is 2.15. The quantitative estimate of drug-likeness (QED) is 0.688. The summed E-state index contributed by atoms with van der Waals surface area (Å²) in [7, 11) is 1.58. The van der Waals surface area contributed by atoms with Crippen LogP contribution in [0.2, 0.25) is 0 Å². The molecule has 1 unspecified atom stereocenters. The number of hydrogen-bond donors (Lipinski definition) is 2. The van der Waals surface area contributed by atoms with Gasteiger partial charge in [0.05, 0.1) is 0 Å². The van der Waals surface area contributed by atoms with Crippen LogP contribution in [0.3, 0.4) is 0 Å². The maximum absolute atomic E-state index is 9.25. The molecule has 1 heterocycles. The minimum atomic E-state index is -0.712. The Kier molecular flexibility index (Phi) is 3.28. The van der Waals surface area contributed by atoms with Gasteiger partial charge in [-0.05, 0) is 12.1 Å². The van der Waals surface area contributed by atoms with Gasteiger partial charge in [-0.25, -0.2) is 0 Å². The zero-order valence-electron chi connectivity index (χ0n) is 6.99. The SMILES string of the molecule is COCc1ccc(C(O)CN)o1. The summed E-state index contributed by atoms with van der Waals surface area (Å²) in [6, 6.07) is 3.46. The van der Waals surface area contributed by atoms with E-state index >= 15 is 0 Å². The molecular formula is C8H13NO3. The Morgan fingerprint density at radius 1 is 1.67 bits per heavy atom. The van der Waals surface area contributed by atoms with E-state index in [1.807, 2.05) is 0 Å². The molecule has 12 heavy (non-hydrogen) atoms. The van der Waals surface area contributed by atoms with Crippen LogP contribution in [0.25, 0.3) is 0 Å².